The first-order valence-electron chi connectivity index (χ1n) is 11.8. The predicted molar refractivity (Wildman–Crippen MR) is 136 cm³/mol. The second kappa shape index (κ2) is 11.1. The third-order valence-corrected chi connectivity index (χ3v) is 9.30. The van der Waals surface area contributed by atoms with Crippen molar-refractivity contribution < 1.29 is 22.0 Å². The average molecular weight is 541 g/mol. The molecule has 0 unspecified atom stereocenters. The zero-order valence-corrected chi connectivity index (χ0v) is 21.6. The summed E-state index contributed by atoms with van der Waals surface area (Å²) in [5.74, 6) is -2.79. The number of thiazole rings is 1. The number of hydrogen-bond acceptors (Lipinski definition) is 9. The van der Waals surface area contributed by atoms with Crippen LogP contribution in [0.1, 0.15) is 34.5 Å². The van der Waals surface area contributed by atoms with Crippen LogP contribution in [0.3, 0.4) is 0 Å². The van der Waals surface area contributed by atoms with Crippen LogP contribution >= 0.6 is 11.3 Å². The van der Waals surface area contributed by atoms with Crippen molar-refractivity contribution in [3.05, 3.63) is 52.7 Å². The molecule has 0 aliphatic carbocycles. The van der Waals surface area contributed by atoms with Crippen LogP contribution in [0.2, 0.25) is 0 Å². The smallest absolute Gasteiger partial charge is 0.214 e. The Hall–Kier alpha value is -2.77. The number of nitrogens with zero attached hydrogens (tertiary/aromatic N) is 4. The molecule has 0 spiro atoms. The van der Waals surface area contributed by atoms with Gasteiger partial charge in [0, 0.05) is 58.2 Å². The van der Waals surface area contributed by atoms with E-state index in [0.717, 1.165) is 36.6 Å². The fourth-order valence-electron chi connectivity index (χ4n) is 4.25. The van der Waals surface area contributed by atoms with Crippen molar-refractivity contribution in [3.63, 3.8) is 0 Å². The molecule has 3 N–H and O–H groups in total. The maximum atomic E-state index is 14.0. The SMILES string of the molecule is CN1C=CN(CCCS(=O)(=O)N2CCC(Nc3nc(N)c(C(=O)c4c(F)cccc4F)s3)CC2)CC1. The molecule has 1 aromatic carbocycles. The van der Waals surface area contributed by atoms with Gasteiger partial charge < -0.3 is 20.9 Å². The van der Waals surface area contributed by atoms with Gasteiger partial charge in [0.05, 0.1) is 11.3 Å². The fraction of sp³-hybridized carbons (Fsp3) is 0.478. The molecule has 0 amide bonds. The summed E-state index contributed by atoms with van der Waals surface area (Å²) in [5, 5.41) is 3.54. The molecule has 9 nitrogen and oxygen atoms in total. The Morgan fingerprint density at radius 1 is 1.17 bits per heavy atom. The Balaban J connectivity index is 1.29. The summed E-state index contributed by atoms with van der Waals surface area (Å²) >= 11 is 0.929. The molecule has 1 aromatic heterocycles. The van der Waals surface area contributed by atoms with Crippen molar-refractivity contribution in [2.24, 2.45) is 0 Å². The number of carbonyl (C=O) groups excluding carboxylic acids is 1. The van der Waals surface area contributed by atoms with Gasteiger partial charge in [-0.15, -0.1) is 0 Å². The van der Waals surface area contributed by atoms with Gasteiger partial charge in [-0.2, -0.15) is 0 Å². The molecule has 3 heterocycles. The van der Waals surface area contributed by atoms with E-state index in [2.05, 4.69) is 20.1 Å². The third-order valence-electron chi connectivity index (χ3n) is 6.34. The van der Waals surface area contributed by atoms with Crippen molar-refractivity contribution in [1.82, 2.24) is 19.1 Å². The number of sulfonamides is 1. The lowest BCUT2D eigenvalue weighted by molar-refractivity contribution is 0.103. The van der Waals surface area contributed by atoms with E-state index in [0.29, 0.717) is 44.0 Å². The number of benzene rings is 1. The van der Waals surface area contributed by atoms with Crippen molar-refractivity contribution in [1.29, 1.82) is 0 Å². The van der Waals surface area contributed by atoms with Crippen molar-refractivity contribution in [3.8, 4) is 0 Å². The molecule has 2 aliphatic rings. The first-order valence-corrected chi connectivity index (χ1v) is 14.2. The van der Waals surface area contributed by atoms with Gasteiger partial charge >= 0.3 is 0 Å². The molecule has 0 saturated carbocycles. The first-order chi connectivity index (χ1) is 17.1. The molecule has 2 aliphatic heterocycles. The normalized spacial score (nSPS) is 17.5. The lowest BCUT2D eigenvalue weighted by atomic mass is 10.1. The molecule has 0 radical (unpaired) electrons. The highest BCUT2D eigenvalue weighted by molar-refractivity contribution is 7.89. The maximum absolute atomic E-state index is 14.0. The van der Waals surface area contributed by atoms with Crippen LogP contribution in [0.5, 0.6) is 0 Å². The molecule has 1 saturated heterocycles. The molecule has 36 heavy (non-hydrogen) atoms. The second-order valence-electron chi connectivity index (χ2n) is 8.96. The summed E-state index contributed by atoms with van der Waals surface area (Å²) in [6, 6.07) is 3.14. The molecule has 0 bridgehead atoms. The van der Waals surface area contributed by atoms with E-state index >= 15 is 0 Å². The number of ketones is 1. The van der Waals surface area contributed by atoms with Gasteiger partial charge in [-0.25, -0.2) is 26.5 Å². The lowest BCUT2D eigenvalue weighted by Crippen LogP contribution is -2.43. The molecule has 196 valence electrons. The number of nitrogens with two attached hydrogens (primary N) is 1. The number of nitrogen functional groups attached to an aromatic ring is 1. The van der Waals surface area contributed by atoms with Crippen LogP contribution in [0.25, 0.3) is 0 Å². The predicted octanol–water partition coefficient (Wildman–Crippen LogP) is 2.55. The van der Waals surface area contributed by atoms with E-state index < -0.39 is 33.0 Å². The summed E-state index contributed by atoms with van der Waals surface area (Å²) in [6.45, 7) is 3.26. The van der Waals surface area contributed by atoms with Crippen LogP contribution in [0.15, 0.2) is 30.6 Å². The molecule has 13 heteroatoms. The standard InChI is InChI=1S/C23H30F2N6O3S2/c1-29-11-13-30(14-12-29)8-3-15-36(33,34)31-9-6-16(7-10-31)27-23-28-22(26)21(35-23)20(32)19-17(24)4-2-5-18(19)25/h2,4-5,11,13,16H,3,6-10,12,14-15,26H2,1H3,(H,27,28). The van der Waals surface area contributed by atoms with Gasteiger partial charge in [0.15, 0.2) is 5.13 Å². The van der Waals surface area contributed by atoms with E-state index in [1.54, 1.807) is 0 Å². The zero-order valence-electron chi connectivity index (χ0n) is 20.0. The Morgan fingerprint density at radius 2 is 1.86 bits per heavy atom. The highest BCUT2D eigenvalue weighted by Crippen LogP contribution is 2.30. The number of piperidine rings is 1. The van der Waals surface area contributed by atoms with Crippen LogP contribution in [0.4, 0.5) is 19.7 Å². The molecule has 0 atom stereocenters. The number of anilines is 2. The monoisotopic (exact) mass is 540 g/mol. The van der Waals surface area contributed by atoms with Crippen molar-refractivity contribution in [2.45, 2.75) is 25.3 Å². The van der Waals surface area contributed by atoms with E-state index in [9.17, 15) is 22.0 Å². The van der Waals surface area contributed by atoms with E-state index in [4.69, 9.17) is 5.73 Å². The van der Waals surface area contributed by atoms with Gasteiger partial charge in [-0.1, -0.05) is 17.4 Å². The van der Waals surface area contributed by atoms with Crippen molar-refractivity contribution in [2.75, 3.05) is 56.6 Å². The number of halogens is 2. The number of likely N-dealkylation sites (N-methyl/N-ethyl adjacent to an activating group) is 1. The Labute approximate surface area is 213 Å². The number of rotatable bonds is 9. The lowest BCUT2D eigenvalue weighted by Gasteiger charge is -2.32. The Morgan fingerprint density at radius 3 is 2.50 bits per heavy atom. The van der Waals surface area contributed by atoms with Crippen molar-refractivity contribution >= 4 is 38.1 Å². The number of hydrogen-bond donors (Lipinski definition) is 2. The zero-order chi connectivity index (χ0) is 25.9. The van der Waals surface area contributed by atoms with Crippen LogP contribution in [-0.4, -0.2) is 84.9 Å². The third kappa shape index (κ3) is 6.13. The van der Waals surface area contributed by atoms with Crippen LogP contribution in [-0.2, 0) is 10.0 Å². The first kappa shape index (κ1) is 26.3. The van der Waals surface area contributed by atoms with Gasteiger partial charge in [0.25, 0.3) is 0 Å². The van der Waals surface area contributed by atoms with E-state index in [-0.39, 0.29) is 22.5 Å². The number of aromatic nitrogens is 1. The van der Waals surface area contributed by atoms with Crippen LogP contribution in [0, 0.1) is 11.6 Å². The Bertz CT molecular complexity index is 1210. The van der Waals surface area contributed by atoms with E-state index in [1.807, 2.05) is 19.4 Å². The summed E-state index contributed by atoms with van der Waals surface area (Å²) in [4.78, 5) is 21.0. The summed E-state index contributed by atoms with van der Waals surface area (Å²) in [5.41, 5.74) is 5.20. The minimum absolute atomic E-state index is 0.0447. The van der Waals surface area contributed by atoms with Gasteiger partial charge in [-0.05, 0) is 31.4 Å². The van der Waals surface area contributed by atoms with Crippen LogP contribution < -0.4 is 11.1 Å². The summed E-state index contributed by atoms with van der Waals surface area (Å²) < 4.78 is 55.2. The summed E-state index contributed by atoms with van der Waals surface area (Å²) in [7, 11) is -1.34. The fourth-order valence-corrected chi connectivity index (χ4v) is 6.67. The highest BCUT2D eigenvalue weighted by atomic mass is 32.2. The Kier molecular flexibility index (Phi) is 8.10. The van der Waals surface area contributed by atoms with Gasteiger partial charge in [0.1, 0.15) is 22.3 Å². The topological polar surface area (TPSA) is 112 Å². The molecule has 4 rings (SSSR count). The number of carbonyl (C=O) groups is 1. The minimum Gasteiger partial charge on any atom is -0.382 e. The minimum atomic E-state index is -3.35. The summed E-state index contributed by atoms with van der Waals surface area (Å²) in [6.07, 6.45) is 5.66. The maximum Gasteiger partial charge on any atom is 0.214 e. The largest absolute Gasteiger partial charge is 0.382 e. The quantitative estimate of drug-likeness (QED) is 0.467. The van der Waals surface area contributed by atoms with Gasteiger partial charge in [-0.3, -0.25) is 4.79 Å². The molecular formula is C23H30F2N6O3S2. The van der Waals surface area contributed by atoms with E-state index in [1.165, 1.54) is 10.4 Å². The average Bonchev–Trinajstić information content (AvgIpc) is 3.20. The number of nitrogens with one attached hydrogen (secondary N) is 1. The molecular weight excluding hydrogens is 510 g/mol. The second-order valence-corrected chi connectivity index (χ2v) is 12.0. The van der Waals surface area contributed by atoms with Gasteiger partial charge in [0.2, 0.25) is 15.8 Å². The molecule has 2 aromatic rings. The highest BCUT2D eigenvalue weighted by Gasteiger charge is 2.29. The molecule has 1 fully saturated rings.